The van der Waals surface area contributed by atoms with Crippen LogP contribution in [0.4, 0.5) is 4.39 Å². The van der Waals surface area contributed by atoms with Crippen LogP contribution in [0.5, 0.6) is 0 Å². The van der Waals surface area contributed by atoms with Gasteiger partial charge >= 0.3 is 11.9 Å². The molecule has 1 heterocycles. The van der Waals surface area contributed by atoms with Gasteiger partial charge in [-0.1, -0.05) is 12.1 Å². The highest BCUT2D eigenvalue weighted by atomic mass is 19.1. The summed E-state index contributed by atoms with van der Waals surface area (Å²) in [5.41, 5.74) is 0.446. The molecule has 0 amide bonds. The summed E-state index contributed by atoms with van der Waals surface area (Å²) in [6.45, 7) is 2.92. The van der Waals surface area contributed by atoms with E-state index in [1.165, 1.54) is 12.1 Å². The van der Waals surface area contributed by atoms with Crippen molar-refractivity contribution >= 4 is 11.9 Å². The summed E-state index contributed by atoms with van der Waals surface area (Å²) in [4.78, 5) is 19.1. The summed E-state index contributed by atoms with van der Waals surface area (Å²) < 4.78 is 18.4. The number of benzene rings is 1. The Hall–Kier alpha value is -2.29. The average molecular weight is 327 g/mol. The van der Waals surface area contributed by atoms with Crippen LogP contribution >= 0.6 is 0 Å². The Morgan fingerprint density at radius 1 is 1.35 bits per heavy atom. The first kappa shape index (κ1) is 18.8. The van der Waals surface area contributed by atoms with Crippen molar-refractivity contribution < 1.29 is 34.0 Å². The van der Waals surface area contributed by atoms with Gasteiger partial charge in [0.1, 0.15) is 5.82 Å². The summed E-state index contributed by atoms with van der Waals surface area (Å²) in [7, 11) is 0. The molecule has 8 heteroatoms. The zero-order chi connectivity index (χ0) is 17.5. The van der Waals surface area contributed by atoms with E-state index in [9.17, 15) is 19.1 Å². The number of carboxylic acids is 2. The van der Waals surface area contributed by atoms with Crippen molar-refractivity contribution in [3.63, 3.8) is 0 Å². The minimum absolute atomic E-state index is 0.256. The van der Waals surface area contributed by atoms with Gasteiger partial charge in [0.05, 0.1) is 12.6 Å². The number of nitrogens with one attached hydrogen (secondary N) is 1. The van der Waals surface area contributed by atoms with Gasteiger partial charge in [-0.25, -0.2) is 14.0 Å². The Bertz CT molecular complexity index is 575. The molecule has 2 unspecified atom stereocenters. The van der Waals surface area contributed by atoms with Crippen LogP contribution in [0.3, 0.4) is 0 Å². The summed E-state index contributed by atoms with van der Waals surface area (Å²) in [5, 5.41) is 29.0. The summed E-state index contributed by atoms with van der Waals surface area (Å²) in [6, 6.07) is 5.60. The summed E-state index contributed by atoms with van der Waals surface area (Å²) >= 11 is 0. The van der Waals surface area contributed by atoms with E-state index in [4.69, 9.17) is 14.9 Å². The van der Waals surface area contributed by atoms with Crippen molar-refractivity contribution in [3.8, 4) is 0 Å². The van der Waals surface area contributed by atoms with E-state index in [1.807, 2.05) is 6.92 Å². The number of hydrogen-bond acceptors (Lipinski definition) is 5. The number of rotatable bonds is 3. The first-order valence-electron chi connectivity index (χ1n) is 6.75. The minimum atomic E-state index is -1.43. The smallest absolute Gasteiger partial charge is 0.328 e. The van der Waals surface area contributed by atoms with E-state index in [-0.39, 0.29) is 11.9 Å². The van der Waals surface area contributed by atoms with Crippen molar-refractivity contribution in [1.82, 2.24) is 5.32 Å². The van der Waals surface area contributed by atoms with Crippen LogP contribution < -0.4 is 5.32 Å². The molecular weight excluding hydrogens is 309 g/mol. The SMILES string of the molecule is CC1NCCOC1(O)c1cccc(F)c1.O=C(O)C=CC(=O)O. The molecule has 0 bridgehead atoms. The lowest BCUT2D eigenvalue weighted by atomic mass is 9.97. The third kappa shape index (κ3) is 5.78. The highest BCUT2D eigenvalue weighted by molar-refractivity contribution is 5.89. The Balaban J connectivity index is 0.000000284. The van der Waals surface area contributed by atoms with Crippen molar-refractivity contribution in [3.05, 3.63) is 47.8 Å². The normalized spacial score (nSPS) is 23.9. The van der Waals surface area contributed by atoms with Gasteiger partial charge in [-0.15, -0.1) is 0 Å². The zero-order valence-corrected chi connectivity index (χ0v) is 12.4. The lowest BCUT2D eigenvalue weighted by Crippen LogP contribution is -2.54. The molecule has 4 N–H and O–H groups in total. The van der Waals surface area contributed by atoms with Gasteiger partial charge < -0.3 is 25.4 Å². The molecule has 0 spiro atoms. The first-order chi connectivity index (χ1) is 10.8. The van der Waals surface area contributed by atoms with Crippen LogP contribution in [0.2, 0.25) is 0 Å². The molecule has 23 heavy (non-hydrogen) atoms. The first-order valence-corrected chi connectivity index (χ1v) is 6.75. The van der Waals surface area contributed by atoms with Gasteiger partial charge in [-0.3, -0.25) is 0 Å². The molecule has 2 atom stereocenters. The third-order valence-electron chi connectivity index (χ3n) is 3.07. The minimum Gasteiger partial charge on any atom is -0.478 e. The Labute approximate surface area is 132 Å². The summed E-state index contributed by atoms with van der Waals surface area (Å²) in [6.07, 6.45) is 1.12. The quantitative estimate of drug-likeness (QED) is 0.604. The fraction of sp³-hybridized carbons (Fsp3) is 0.333. The fourth-order valence-corrected chi connectivity index (χ4v) is 1.93. The van der Waals surface area contributed by atoms with Gasteiger partial charge in [0, 0.05) is 24.3 Å². The number of ether oxygens (including phenoxy) is 1. The second-order valence-corrected chi connectivity index (χ2v) is 4.74. The number of carboxylic acid groups (broad SMARTS) is 2. The molecule has 7 nitrogen and oxygen atoms in total. The molecule has 126 valence electrons. The predicted octanol–water partition coefficient (Wildman–Crippen LogP) is 0.691. The van der Waals surface area contributed by atoms with Crippen LogP contribution in [-0.4, -0.2) is 46.5 Å². The molecule has 1 aliphatic heterocycles. The number of aliphatic hydroxyl groups is 1. The molecule has 0 aromatic heterocycles. The molecule has 0 saturated carbocycles. The Morgan fingerprint density at radius 2 is 1.96 bits per heavy atom. The Kier molecular flexibility index (Phi) is 6.83. The zero-order valence-electron chi connectivity index (χ0n) is 12.4. The molecular formula is C15H18FNO6. The van der Waals surface area contributed by atoms with Crippen molar-refractivity contribution in [2.24, 2.45) is 0 Å². The van der Waals surface area contributed by atoms with E-state index in [0.717, 1.165) is 0 Å². The molecule has 1 saturated heterocycles. The van der Waals surface area contributed by atoms with Crippen LogP contribution in [-0.2, 0) is 20.1 Å². The van der Waals surface area contributed by atoms with Crippen LogP contribution in [0, 0.1) is 5.82 Å². The topological polar surface area (TPSA) is 116 Å². The average Bonchev–Trinajstić information content (AvgIpc) is 2.49. The lowest BCUT2D eigenvalue weighted by molar-refractivity contribution is -0.245. The van der Waals surface area contributed by atoms with E-state index >= 15 is 0 Å². The summed E-state index contributed by atoms with van der Waals surface area (Å²) in [5.74, 6) is -4.32. The van der Waals surface area contributed by atoms with Crippen molar-refractivity contribution in [1.29, 1.82) is 0 Å². The molecule has 0 aliphatic carbocycles. The molecule has 1 aliphatic rings. The number of morpholine rings is 1. The standard InChI is InChI=1S/C11H14FNO2.C4H4O4/c1-8-11(14,15-6-5-13-8)9-3-2-4-10(12)7-9;5-3(6)1-2-4(7)8/h2-4,7-8,13-14H,5-6H2,1H3;1-2H,(H,5,6)(H,7,8). The van der Waals surface area contributed by atoms with E-state index in [0.29, 0.717) is 30.9 Å². The van der Waals surface area contributed by atoms with Gasteiger partial charge in [0.2, 0.25) is 5.79 Å². The molecule has 1 aromatic carbocycles. The van der Waals surface area contributed by atoms with Crippen LogP contribution in [0.25, 0.3) is 0 Å². The lowest BCUT2D eigenvalue weighted by Gasteiger charge is -2.38. The highest BCUT2D eigenvalue weighted by Crippen LogP contribution is 2.28. The molecule has 1 aromatic rings. The molecule has 0 radical (unpaired) electrons. The predicted molar refractivity (Wildman–Crippen MR) is 78.1 cm³/mol. The highest BCUT2D eigenvalue weighted by Gasteiger charge is 2.39. The van der Waals surface area contributed by atoms with Crippen LogP contribution in [0.15, 0.2) is 36.4 Å². The van der Waals surface area contributed by atoms with Crippen molar-refractivity contribution in [2.45, 2.75) is 18.8 Å². The largest absolute Gasteiger partial charge is 0.478 e. The van der Waals surface area contributed by atoms with Crippen molar-refractivity contribution in [2.75, 3.05) is 13.2 Å². The van der Waals surface area contributed by atoms with Crippen LogP contribution in [0.1, 0.15) is 12.5 Å². The van der Waals surface area contributed by atoms with E-state index < -0.39 is 17.7 Å². The van der Waals surface area contributed by atoms with Gasteiger partial charge in [0.25, 0.3) is 0 Å². The van der Waals surface area contributed by atoms with Gasteiger partial charge in [-0.2, -0.15) is 0 Å². The maximum atomic E-state index is 13.0. The Morgan fingerprint density at radius 3 is 2.43 bits per heavy atom. The number of hydrogen-bond donors (Lipinski definition) is 4. The second-order valence-electron chi connectivity index (χ2n) is 4.74. The number of halogens is 1. The third-order valence-corrected chi connectivity index (χ3v) is 3.07. The maximum Gasteiger partial charge on any atom is 0.328 e. The fourth-order valence-electron chi connectivity index (χ4n) is 1.93. The van der Waals surface area contributed by atoms with Gasteiger partial charge in [-0.05, 0) is 19.1 Å². The number of aliphatic carboxylic acids is 2. The maximum absolute atomic E-state index is 13.0. The second kappa shape index (κ2) is 8.37. The molecule has 2 rings (SSSR count). The van der Waals surface area contributed by atoms with Gasteiger partial charge in [0.15, 0.2) is 0 Å². The molecule has 1 fully saturated rings. The number of carbonyl (C=O) groups is 2. The monoisotopic (exact) mass is 327 g/mol. The van der Waals surface area contributed by atoms with E-state index in [2.05, 4.69) is 5.32 Å². The van der Waals surface area contributed by atoms with E-state index in [1.54, 1.807) is 12.1 Å².